The number of nitrogens with zero attached hydrogens (tertiary/aromatic N) is 1. The number of nitrogens with two attached hydrogens (primary N) is 1. The van der Waals surface area contributed by atoms with Gasteiger partial charge < -0.3 is 15.8 Å². The Morgan fingerprint density at radius 2 is 2.10 bits per heavy atom. The van der Waals surface area contributed by atoms with E-state index in [1.165, 1.54) is 0 Å². The van der Waals surface area contributed by atoms with Crippen LogP contribution < -0.4 is 15.8 Å². The fourth-order valence-corrected chi connectivity index (χ4v) is 1.88. The van der Waals surface area contributed by atoms with E-state index < -0.39 is 0 Å². The zero-order valence-corrected chi connectivity index (χ0v) is 13.0. The van der Waals surface area contributed by atoms with E-state index in [1.807, 2.05) is 36.4 Å². The van der Waals surface area contributed by atoms with Crippen molar-refractivity contribution in [2.45, 2.75) is 26.4 Å². The first-order valence-electron chi connectivity index (χ1n) is 6.88. The molecule has 2 rings (SSSR count). The van der Waals surface area contributed by atoms with E-state index in [9.17, 15) is 0 Å². The third-order valence-electron chi connectivity index (χ3n) is 3.05. The first-order chi connectivity index (χ1) is 10.1. The van der Waals surface area contributed by atoms with E-state index >= 15 is 0 Å². The minimum atomic E-state index is 0.197. The molecule has 1 unspecified atom stereocenters. The third kappa shape index (κ3) is 4.43. The summed E-state index contributed by atoms with van der Waals surface area (Å²) in [5.74, 6) is 0.845. The summed E-state index contributed by atoms with van der Waals surface area (Å²) in [6, 6.07) is 11.5. The number of rotatable bonds is 6. The van der Waals surface area contributed by atoms with Gasteiger partial charge in [-0.3, -0.25) is 4.98 Å². The number of aromatic nitrogens is 1. The largest absolute Gasteiger partial charge is 0.491 e. The molecule has 0 fully saturated rings. The molecule has 1 atom stereocenters. The van der Waals surface area contributed by atoms with Crippen LogP contribution in [0.1, 0.15) is 26.0 Å². The summed E-state index contributed by atoms with van der Waals surface area (Å²) < 4.78 is 5.81. The number of hydrogen-bond donors (Lipinski definition) is 2. The topological polar surface area (TPSA) is 60.2 Å². The lowest BCUT2D eigenvalue weighted by Crippen LogP contribution is -2.11. The summed E-state index contributed by atoms with van der Waals surface area (Å²) in [4.78, 5) is 4.40. The van der Waals surface area contributed by atoms with Gasteiger partial charge in [0, 0.05) is 23.6 Å². The number of hydrogen-bond acceptors (Lipinski definition) is 4. The molecular formula is C16H19N3OS. The van der Waals surface area contributed by atoms with Crippen LogP contribution in [0.2, 0.25) is 0 Å². The van der Waals surface area contributed by atoms with Crippen LogP contribution in [-0.2, 0) is 0 Å². The van der Waals surface area contributed by atoms with Gasteiger partial charge in [-0.05, 0) is 37.6 Å². The molecule has 1 aromatic carbocycles. The zero-order valence-electron chi connectivity index (χ0n) is 12.2. The van der Waals surface area contributed by atoms with Crippen molar-refractivity contribution in [3.05, 3.63) is 48.3 Å². The molecule has 0 spiro atoms. The highest BCUT2D eigenvalue weighted by atomic mass is 32.1. The van der Waals surface area contributed by atoms with Crippen LogP contribution in [0.5, 0.6) is 5.75 Å². The summed E-state index contributed by atoms with van der Waals surface area (Å²) in [5, 5.41) is 3.30. The summed E-state index contributed by atoms with van der Waals surface area (Å²) >= 11 is 4.94. The first-order valence-corrected chi connectivity index (χ1v) is 7.29. The van der Waals surface area contributed by atoms with Gasteiger partial charge in [-0.1, -0.05) is 25.2 Å². The zero-order chi connectivity index (χ0) is 15.2. The van der Waals surface area contributed by atoms with E-state index in [4.69, 9.17) is 22.7 Å². The molecule has 4 nitrogen and oxygen atoms in total. The Labute approximate surface area is 130 Å². The Hall–Kier alpha value is -2.14. The Kier molecular flexibility index (Phi) is 5.11. The van der Waals surface area contributed by atoms with Gasteiger partial charge in [-0.15, -0.1) is 0 Å². The average molecular weight is 301 g/mol. The molecule has 0 amide bonds. The van der Waals surface area contributed by atoms with Crippen LogP contribution >= 0.6 is 12.2 Å². The lowest BCUT2D eigenvalue weighted by atomic mass is 10.2. The minimum absolute atomic E-state index is 0.197. The molecule has 0 saturated carbocycles. The van der Waals surface area contributed by atoms with Crippen molar-refractivity contribution >= 4 is 28.6 Å². The second-order valence-electron chi connectivity index (χ2n) is 4.78. The number of ether oxygens (including phenoxy) is 1. The van der Waals surface area contributed by atoms with Gasteiger partial charge in [0.25, 0.3) is 0 Å². The van der Waals surface area contributed by atoms with E-state index in [0.29, 0.717) is 5.69 Å². The average Bonchev–Trinajstić information content (AvgIpc) is 2.47. The summed E-state index contributed by atoms with van der Waals surface area (Å²) in [6.07, 6.45) is 2.85. The number of thiocarbonyl (C=S) groups is 1. The quantitative estimate of drug-likeness (QED) is 0.798. The maximum absolute atomic E-state index is 5.81. The van der Waals surface area contributed by atoms with Gasteiger partial charge >= 0.3 is 0 Å². The Balaban J connectivity index is 2.14. The third-order valence-corrected chi connectivity index (χ3v) is 3.26. The molecule has 0 aliphatic carbocycles. The van der Waals surface area contributed by atoms with E-state index in [2.05, 4.69) is 24.1 Å². The maximum atomic E-state index is 5.81. The highest BCUT2D eigenvalue weighted by molar-refractivity contribution is 7.80. The molecule has 0 bridgehead atoms. The lowest BCUT2D eigenvalue weighted by molar-refractivity contribution is 0.217. The number of pyridine rings is 1. The van der Waals surface area contributed by atoms with Crippen molar-refractivity contribution in [3.8, 4) is 5.75 Å². The summed E-state index contributed by atoms with van der Waals surface area (Å²) in [6.45, 7) is 4.15. The molecule has 3 N–H and O–H groups in total. The summed E-state index contributed by atoms with van der Waals surface area (Å²) in [5.41, 5.74) is 8.01. The van der Waals surface area contributed by atoms with Gasteiger partial charge in [0.05, 0.1) is 11.8 Å². The fourth-order valence-electron chi connectivity index (χ4n) is 1.77. The van der Waals surface area contributed by atoms with Crippen molar-refractivity contribution < 1.29 is 4.74 Å². The van der Waals surface area contributed by atoms with Gasteiger partial charge in [0.2, 0.25) is 0 Å². The number of anilines is 2. The molecule has 0 aliphatic heterocycles. The van der Waals surface area contributed by atoms with E-state index in [1.54, 1.807) is 6.20 Å². The number of nitrogens with one attached hydrogen (secondary N) is 1. The van der Waals surface area contributed by atoms with Crippen LogP contribution in [-0.4, -0.2) is 16.1 Å². The molecular weight excluding hydrogens is 282 g/mol. The molecule has 2 aromatic rings. The summed E-state index contributed by atoms with van der Waals surface area (Å²) in [7, 11) is 0. The second-order valence-corrected chi connectivity index (χ2v) is 5.22. The lowest BCUT2D eigenvalue weighted by Gasteiger charge is -2.14. The smallest absolute Gasteiger partial charge is 0.122 e. The van der Waals surface area contributed by atoms with Crippen molar-refractivity contribution in [2.75, 3.05) is 5.32 Å². The van der Waals surface area contributed by atoms with Gasteiger partial charge in [0.15, 0.2) is 0 Å². The number of benzene rings is 1. The maximum Gasteiger partial charge on any atom is 0.122 e. The molecule has 1 heterocycles. The van der Waals surface area contributed by atoms with Crippen LogP contribution in [0.4, 0.5) is 11.4 Å². The van der Waals surface area contributed by atoms with Crippen LogP contribution in [0.25, 0.3) is 0 Å². The molecule has 21 heavy (non-hydrogen) atoms. The van der Waals surface area contributed by atoms with Crippen molar-refractivity contribution in [3.63, 3.8) is 0 Å². The first kappa shape index (κ1) is 15.3. The van der Waals surface area contributed by atoms with Gasteiger partial charge in [-0.2, -0.15) is 0 Å². The SMILES string of the molecule is CCC(C)Oc1cccc(Nc2ccnc(C(N)=S)c2)c1. The Morgan fingerprint density at radius 1 is 1.33 bits per heavy atom. The Morgan fingerprint density at radius 3 is 2.81 bits per heavy atom. The molecule has 0 radical (unpaired) electrons. The monoisotopic (exact) mass is 301 g/mol. The molecule has 5 heteroatoms. The fraction of sp³-hybridized carbons (Fsp3) is 0.250. The van der Waals surface area contributed by atoms with Crippen molar-refractivity contribution in [1.29, 1.82) is 0 Å². The highest BCUT2D eigenvalue weighted by Crippen LogP contribution is 2.22. The van der Waals surface area contributed by atoms with Crippen LogP contribution in [0.15, 0.2) is 42.6 Å². The Bertz CT molecular complexity index is 630. The van der Waals surface area contributed by atoms with Gasteiger partial charge in [0.1, 0.15) is 10.7 Å². The molecule has 0 aliphatic rings. The van der Waals surface area contributed by atoms with Crippen molar-refractivity contribution in [2.24, 2.45) is 5.73 Å². The highest BCUT2D eigenvalue weighted by Gasteiger charge is 2.04. The van der Waals surface area contributed by atoms with Gasteiger partial charge in [-0.25, -0.2) is 0 Å². The van der Waals surface area contributed by atoms with E-state index in [0.717, 1.165) is 23.5 Å². The van der Waals surface area contributed by atoms with Crippen molar-refractivity contribution in [1.82, 2.24) is 4.98 Å². The second kappa shape index (κ2) is 7.04. The minimum Gasteiger partial charge on any atom is -0.491 e. The standard InChI is InChI=1S/C16H19N3OS/c1-3-11(2)20-14-6-4-5-12(9-14)19-13-7-8-18-15(10-13)16(17)21/h4-11H,3H2,1-2H3,(H2,17,21)(H,18,19). The predicted octanol–water partition coefficient (Wildman–Crippen LogP) is 3.64. The molecule has 1 aromatic heterocycles. The molecule has 0 saturated heterocycles. The normalized spacial score (nSPS) is 11.7. The predicted molar refractivity (Wildman–Crippen MR) is 90.2 cm³/mol. The molecule has 110 valence electrons. The van der Waals surface area contributed by atoms with E-state index in [-0.39, 0.29) is 11.1 Å². The van der Waals surface area contributed by atoms with Crippen LogP contribution in [0.3, 0.4) is 0 Å². The van der Waals surface area contributed by atoms with Crippen LogP contribution in [0, 0.1) is 0 Å².